The van der Waals surface area contributed by atoms with Crippen molar-refractivity contribution in [3.63, 3.8) is 0 Å². The van der Waals surface area contributed by atoms with Crippen LogP contribution in [0.5, 0.6) is 0 Å². The third kappa shape index (κ3) is 11.7. The van der Waals surface area contributed by atoms with Crippen molar-refractivity contribution in [2.45, 2.75) is 155 Å². The van der Waals surface area contributed by atoms with Crippen LogP contribution >= 0.6 is 0 Å². The van der Waals surface area contributed by atoms with Crippen molar-refractivity contribution >= 4 is 61.3 Å². The van der Waals surface area contributed by atoms with Crippen molar-refractivity contribution < 1.29 is 28.5 Å². The first-order valence-corrected chi connectivity index (χ1v) is 32.0. The molecule has 0 N–H and O–H groups in total. The van der Waals surface area contributed by atoms with Gasteiger partial charge >= 0.3 is 12.2 Å². The molecule has 0 saturated carbocycles. The Hall–Kier alpha value is -5.10. The van der Waals surface area contributed by atoms with Crippen molar-refractivity contribution in [1.82, 2.24) is 33.9 Å². The summed E-state index contributed by atoms with van der Waals surface area (Å²) in [6.07, 6.45) is 4.65. The van der Waals surface area contributed by atoms with Gasteiger partial charge in [0.2, 0.25) is 0 Å². The maximum absolute atomic E-state index is 13.4. The fourth-order valence-electron chi connectivity index (χ4n) is 9.11. The second-order valence-electron chi connectivity index (χ2n) is 23.2. The summed E-state index contributed by atoms with van der Waals surface area (Å²) in [6.45, 7) is 28.8. The lowest BCUT2D eigenvalue weighted by molar-refractivity contribution is 0.0196. The van der Waals surface area contributed by atoms with Crippen molar-refractivity contribution in [3.05, 3.63) is 78.5 Å². The summed E-state index contributed by atoms with van der Waals surface area (Å²) < 4.78 is 28.5. The highest BCUT2D eigenvalue weighted by Crippen LogP contribution is 2.38. The number of nitrogens with zero attached hydrogens (tertiary/aromatic N) is 7. The van der Waals surface area contributed by atoms with Gasteiger partial charge in [0.05, 0.1) is 23.1 Å². The van der Waals surface area contributed by atoms with Gasteiger partial charge in [-0.2, -0.15) is 0 Å². The fraction of sp³-hybridized carbons (Fsp3) is 0.528. The minimum Gasteiger partial charge on any atom is -0.444 e. The number of amides is 2. The number of likely N-dealkylation sites (tertiary alicyclic amines) is 2. The molecule has 68 heavy (non-hydrogen) atoms. The second kappa shape index (κ2) is 19.4. The first kappa shape index (κ1) is 49.3. The van der Waals surface area contributed by atoms with Gasteiger partial charge in [-0.1, -0.05) is 69.6 Å². The van der Waals surface area contributed by atoms with Crippen molar-refractivity contribution in [2.24, 2.45) is 0 Å². The number of imidazole rings is 2. The van der Waals surface area contributed by atoms with E-state index in [2.05, 4.69) is 109 Å². The van der Waals surface area contributed by atoms with E-state index >= 15 is 0 Å². The largest absolute Gasteiger partial charge is 0.444 e. The maximum atomic E-state index is 13.4. The predicted octanol–water partition coefficient (Wildman–Crippen LogP) is 13.0. The fourth-order valence-corrected chi connectivity index (χ4v) is 10.6. The molecule has 2 amide bonds. The van der Waals surface area contributed by atoms with E-state index in [-0.39, 0.29) is 24.3 Å². The smallest absolute Gasteiger partial charge is 0.410 e. The molecule has 3 aromatic carbocycles. The number of rotatable bonds is 14. The summed E-state index contributed by atoms with van der Waals surface area (Å²) in [4.78, 5) is 46.0. The first-order chi connectivity index (χ1) is 32.0. The zero-order valence-electron chi connectivity index (χ0n) is 42.6. The van der Waals surface area contributed by atoms with Gasteiger partial charge in [0.15, 0.2) is 5.65 Å². The molecule has 3 aromatic heterocycles. The van der Waals surface area contributed by atoms with Gasteiger partial charge in [0.25, 0.3) is 0 Å². The van der Waals surface area contributed by atoms with Crippen LogP contribution in [0.15, 0.2) is 66.9 Å². The lowest BCUT2D eigenvalue weighted by Gasteiger charge is -2.28. The molecule has 6 aromatic rings. The molecule has 2 aliphatic rings. The normalized spacial score (nSPS) is 17.3. The van der Waals surface area contributed by atoms with E-state index in [0.717, 1.165) is 105 Å². The maximum Gasteiger partial charge on any atom is 0.410 e. The summed E-state index contributed by atoms with van der Waals surface area (Å²) in [7, 11) is -2.58. The molecule has 2 saturated heterocycles. The SMILES string of the molecule is CC(C)(C)OC(=O)N1CCC[C@H]1c1nc2cc(-c3ccc4cc(-c5cnc6c(c5)nc([C@@H]5CCCN5C(=O)OC(C)(C)C)n6COCC[Si](C)(C)C)ccc4c3)ccc2n1COCC[Si](C)(C)C. The average molecular weight is 960 g/mol. The zero-order valence-corrected chi connectivity index (χ0v) is 44.6. The summed E-state index contributed by atoms with van der Waals surface area (Å²) in [5.74, 6) is 1.61. The van der Waals surface area contributed by atoms with E-state index in [1.807, 2.05) is 57.5 Å². The second-order valence-corrected chi connectivity index (χ2v) is 34.4. The zero-order chi connectivity index (χ0) is 48.8. The lowest BCUT2D eigenvalue weighted by atomic mass is 9.98. The number of fused-ring (bicyclic) bond motifs is 3. The highest BCUT2D eigenvalue weighted by atomic mass is 28.3. The first-order valence-electron chi connectivity index (χ1n) is 24.6. The Balaban J connectivity index is 1.07. The number of aromatic nitrogens is 5. The molecule has 0 radical (unpaired) electrons. The van der Waals surface area contributed by atoms with E-state index in [9.17, 15) is 9.59 Å². The van der Waals surface area contributed by atoms with E-state index in [0.29, 0.717) is 39.8 Å². The van der Waals surface area contributed by atoms with Crippen LogP contribution < -0.4 is 0 Å². The van der Waals surface area contributed by atoms with Gasteiger partial charge in [-0.05, 0) is 137 Å². The van der Waals surface area contributed by atoms with Crippen molar-refractivity contribution in [3.8, 4) is 22.3 Å². The number of carbonyl (C=O) groups excluding carboxylic acids is 2. The Kier molecular flexibility index (Phi) is 14.0. The Morgan fingerprint density at radius 1 is 0.603 bits per heavy atom. The summed E-state index contributed by atoms with van der Waals surface area (Å²) >= 11 is 0. The Morgan fingerprint density at radius 2 is 1.06 bits per heavy atom. The van der Waals surface area contributed by atoms with E-state index < -0.39 is 27.3 Å². The summed E-state index contributed by atoms with van der Waals surface area (Å²) in [5, 5.41) is 2.23. The molecule has 2 atom stereocenters. The highest BCUT2D eigenvalue weighted by Gasteiger charge is 2.38. The van der Waals surface area contributed by atoms with Crippen LogP contribution in [0.25, 0.3) is 55.2 Å². The Labute approximate surface area is 404 Å². The van der Waals surface area contributed by atoms with Crippen LogP contribution in [0.1, 0.15) is 91.0 Å². The molecule has 364 valence electrons. The van der Waals surface area contributed by atoms with Crippen LogP contribution in [0, 0.1) is 0 Å². The monoisotopic (exact) mass is 960 g/mol. The topological polar surface area (TPSA) is 126 Å². The number of benzene rings is 3. The molecule has 2 aliphatic heterocycles. The van der Waals surface area contributed by atoms with Gasteiger partial charge in [0.1, 0.15) is 41.8 Å². The Morgan fingerprint density at radius 3 is 1.59 bits per heavy atom. The molecule has 0 unspecified atom stereocenters. The van der Waals surface area contributed by atoms with Crippen LogP contribution in [0.2, 0.25) is 51.4 Å². The number of carbonyl (C=O) groups is 2. The molecule has 0 bridgehead atoms. The van der Waals surface area contributed by atoms with Gasteiger partial charge in [0, 0.05) is 54.2 Å². The number of pyridine rings is 1. The van der Waals surface area contributed by atoms with Gasteiger partial charge in [-0.25, -0.2) is 24.5 Å². The van der Waals surface area contributed by atoms with Crippen molar-refractivity contribution in [2.75, 3.05) is 26.3 Å². The molecule has 13 nitrogen and oxygen atoms in total. The lowest BCUT2D eigenvalue weighted by Crippen LogP contribution is -2.37. The minimum absolute atomic E-state index is 0.203. The molecular formula is C53H73N7O6Si2. The number of hydrogen-bond acceptors (Lipinski definition) is 9. The van der Waals surface area contributed by atoms with Crippen LogP contribution in [-0.4, -0.2) is 99.7 Å². The van der Waals surface area contributed by atoms with Gasteiger partial charge in [-0.3, -0.25) is 14.4 Å². The van der Waals surface area contributed by atoms with Gasteiger partial charge < -0.3 is 23.5 Å². The van der Waals surface area contributed by atoms with Crippen LogP contribution in [0.4, 0.5) is 9.59 Å². The number of hydrogen-bond donors (Lipinski definition) is 0. The molecule has 0 spiro atoms. The minimum atomic E-state index is -1.30. The summed E-state index contributed by atoms with van der Waals surface area (Å²) in [6, 6.07) is 23.3. The quantitative estimate of drug-likeness (QED) is 0.0774. The molecule has 0 aliphatic carbocycles. The molecular weight excluding hydrogens is 887 g/mol. The van der Waals surface area contributed by atoms with Gasteiger partial charge in [-0.15, -0.1) is 0 Å². The third-order valence-corrected chi connectivity index (χ3v) is 16.1. The highest BCUT2D eigenvalue weighted by molar-refractivity contribution is 6.76. The van der Waals surface area contributed by atoms with E-state index in [4.69, 9.17) is 33.9 Å². The predicted molar refractivity (Wildman–Crippen MR) is 277 cm³/mol. The third-order valence-electron chi connectivity index (χ3n) is 12.7. The van der Waals surface area contributed by atoms with E-state index in [1.165, 1.54) is 0 Å². The number of ether oxygens (including phenoxy) is 4. The van der Waals surface area contributed by atoms with E-state index in [1.54, 1.807) is 0 Å². The molecule has 2 fully saturated rings. The standard InChI is InChI=1S/C53H73N7O6Si2/c1-52(2,3)65-50(61)57-23-13-15-45(57)48-55-42-31-40(21-22-44(42)59(48)34-63-25-27-67(7,8)9)38-18-17-37-30-39(20-19-36(37)29-38)41-32-43-47(54-33-41)60(35-64-26-28-68(10,11)12)49(56-43)46-16-14-24-58(46)51(62)66-53(4,5)6/h17-22,29-33,45-46H,13-16,23-28,34-35H2,1-12H3/t45-,46-/m0/s1. The molecule has 15 heteroatoms. The average Bonchev–Trinajstić information content (AvgIpc) is 4.06. The summed E-state index contributed by atoms with van der Waals surface area (Å²) in [5.41, 5.74) is 6.33. The van der Waals surface area contributed by atoms with Crippen LogP contribution in [-0.2, 0) is 32.4 Å². The molecule has 8 rings (SSSR count). The van der Waals surface area contributed by atoms with Crippen LogP contribution in [0.3, 0.4) is 0 Å². The molecule has 5 heterocycles. The Bertz CT molecular complexity index is 2600. The van der Waals surface area contributed by atoms with Crippen molar-refractivity contribution in [1.29, 1.82) is 0 Å².